The van der Waals surface area contributed by atoms with Crippen LogP contribution in [0.2, 0.25) is 0 Å². The Morgan fingerprint density at radius 3 is 2.10 bits per heavy atom. The Hall–Kier alpha value is -1.28. The third kappa shape index (κ3) is 2.49. The Morgan fingerprint density at radius 1 is 1.15 bits per heavy atom. The SMILES string of the molecule is CC1(C)OB(c2cc(C(F)(F)F)ncc2O)OC1(C)C. The van der Waals surface area contributed by atoms with Crippen LogP contribution in [0.4, 0.5) is 13.2 Å². The first kappa shape index (κ1) is 15.1. The van der Waals surface area contributed by atoms with Gasteiger partial charge in [0.05, 0.1) is 17.4 Å². The maximum atomic E-state index is 12.7. The zero-order chi connectivity index (χ0) is 15.3. The number of nitrogens with zero attached hydrogens (tertiary/aromatic N) is 1. The number of alkyl halides is 3. The lowest BCUT2D eigenvalue weighted by Gasteiger charge is -2.32. The lowest BCUT2D eigenvalue weighted by Crippen LogP contribution is -2.41. The van der Waals surface area contributed by atoms with Crippen molar-refractivity contribution in [3.8, 4) is 5.75 Å². The van der Waals surface area contributed by atoms with Crippen molar-refractivity contribution >= 4 is 12.6 Å². The molecular formula is C12H15BF3NO3. The predicted octanol–water partition coefficient (Wildman–Crippen LogP) is 2.11. The minimum Gasteiger partial charge on any atom is -0.507 e. The Balaban J connectivity index is 2.40. The number of hydrogen-bond donors (Lipinski definition) is 1. The van der Waals surface area contributed by atoms with E-state index in [1.54, 1.807) is 27.7 Å². The largest absolute Gasteiger partial charge is 0.507 e. The van der Waals surface area contributed by atoms with Crippen molar-refractivity contribution in [2.75, 3.05) is 0 Å². The summed E-state index contributed by atoms with van der Waals surface area (Å²) in [5.74, 6) is -0.392. The smallest absolute Gasteiger partial charge is 0.498 e. The quantitative estimate of drug-likeness (QED) is 0.804. The average Bonchev–Trinajstić information content (AvgIpc) is 2.46. The average molecular weight is 289 g/mol. The Morgan fingerprint density at radius 2 is 1.65 bits per heavy atom. The normalized spacial score (nSPS) is 21.2. The Kier molecular flexibility index (Phi) is 3.30. The lowest BCUT2D eigenvalue weighted by atomic mass is 9.78. The number of aromatic nitrogens is 1. The van der Waals surface area contributed by atoms with Gasteiger partial charge in [-0.25, -0.2) is 4.98 Å². The molecule has 4 nitrogen and oxygen atoms in total. The highest BCUT2D eigenvalue weighted by Gasteiger charge is 2.52. The monoisotopic (exact) mass is 289 g/mol. The van der Waals surface area contributed by atoms with E-state index in [1.165, 1.54) is 0 Å². The standard InChI is InChI=1S/C12H15BF3NO3/c1-10(2)11(3,4)20-13(19-10)7-5-9(12(14,15)16)17-6-8(7)18/h5-6,18H,1-4H3. The lowest BCUT2D eigenvalue weighted by molar-refractivity contribution is -0.141. The van der Waals surface area contributed by atoms with Crippen LogP contribution in [0.15, 0.2) is 12.3 Å². The summed E-state index contributed by atoms with van der Waals surface area (Å²) < 4.78 is 49.2. The topological polar surface area (TPSA) is 51.6 Å². The molecule has 1 N–H and O–H groups in total. The predicted molar refractivity (Wildman–Crippen MR) is 66.6 cm³/mol. The van der Waals surface area contributed by atoms with Crippen molar-refractivity contribution in [2.45, 2.75) is 45.1 Å². The van der Waals surface area contributed by atoms with Crippen LogP contribution in [-0.4, -0.2) is 28.4 Å². The summed E-state index contributed by atoms with van der Waals surface area (Å²) in [4.78, 5) is 3.17. The van der Waals surface area contributed by atoms with E-state index in [-0.39, 0.29) is 5.46 Å². The Bertz CT molecular complexity index is 515. The minimum absolute atomic E-state index is 0.0778. The highest BCUT2D eigenvalue weighted by Crippen LogP contribution is 2.37. The first-order chi connectivity index (χ1) is 8.94. The first-order valence-corrected chi connectivity index (χ1v) is 6.06. The summed E-state index contributed by atoms with van der Waals surface area (Å²) in [6.07, 6.45) is -3.84. The fraction of sp³-hybridized carbons (Fsp3) is 0.583. The van der Waals surface area contributed by atoms with E-state index in [1.807, 2.05) is 0 Å². The fourth-order valence-electron chi connectivity index (χ4n) is 1.78. The molecule has 0 atom stereocenters. The summed E-state index contributed by atoms with van der Waals surface area (Å²) in [7, 11) is -1.07. The van der Waals surface area contributed by atoms with Gasteiger partial charge in [-0.1, -0.05) is 0 Å². The van der Waals surface area contributed by atoms with E-state index in [0.717, 1.165) is 12.3 Å². The summed E-state index contributed by atoms with van der Waals surface area (Å²) in [5, 5.41) is 9.71. The van der Waals surface area contributed by atoms with Crippen LogP contribution < -0.4 is 5.46 Å². The van der Waals surface area contributed by atoms with Gasteiger partial charge in [0.25, 0.3) is 0 Å². The van der Waals surface area contributed by atoms with E-state index in [0.29, 0.717) is 0 Å². The molecule has 0 bridgehead atoms. The maximum Gasteiger partial charge on any atom is 0.498 e. The van der Waals surface area contributed by atoms with Gasteiger partial charge in [-0.2, -0.15) is 13.2 Å². The van der Waals surface area contributed by atoms with E-state index in [9.17, 15) is 18.3 Å². The molecule has 1 aliphatic heterocycles. The molecule has 0 aromatic carbocycles. The summed E-state index contributed by atoms with van der Waals surface area (Å²) in [5.41, 5.74) is -2.58. The second-order valence-corrected chi connectivity index (χ2v) is 5.71. The van der Waals surface area contributed by atoms with Gasteiger partial charge < -0.3 is 14.4 Å². The van der Waals surface area contributed by atoms with Crippen LogP contribution in [-0.2, 0) is 15.5 Å². The molecule has 20 heavy (non-hydrogen) atoms. The molecule has 0 radical (unpaired) electrons. The van der Waals surface area contributed by atoms with Crippen LogP contribution in [0.25, 0.3) is 0 Å². The van der Waals surface area contributed by atoms with Gasteiger partial charge in [-0.3, -0.25) is 0 Å². The first-order valence-electron chi connectivity index (χ1n) is 6.06. The molecule has 8 heteroatoms. The van der Waals surface area contributed by atoms with Gasteiger partial charge in [0.2, 0.25) is 0 Å². The molecular weight excluding hydrogens is 274 g/mol. The van der Waals surface area contributed by atoms with Crippen LogP contribution in [0.5, 0.6) is 5.75 Å². The fourth-order valence-corrected chi connectivity index (χ4v) is 1.78. The van der Waals surface area contributed by atoms with E-state index >= 15 is 0 Å². The van der Waals surface area contributed by atoms with Gasteiger partial charge in [0.1, 0.15) is 11.4 Å². The molecule has 0 unspecified atom stereocenters. The van der Waals surface area contributed by atoms with Crippen molar-refractivity contribution in [3.63, 3.8) is 0 Å². The molecule has 0 amide bonds. The third-order valence-electron chi connectivity index (χ3n) is 3.71. The molecule has 1 aliphatic rings. The molecule has 1 saturated heterocycles. The Labute approximate surface area is 115 Å². The molecule has 1 fully saturated rings. The van der Waals surface area contributed by atoms with E-state index in [4.69, 9.17) is 9.31 Å². The van der Waals surface area contributed by atoms with Gasteiger partial charge in [-0.05, 0) is 33.8 Å². The number of rotatable bonds is 1. The van der Waals surface area contributed by atoms with Crippen LogP contribution in [0.1, 0.15) is 33.4 Å². The second-order valence-electron chi connectivity index (χ2n) is 5.71. The number of pyridine rings is 1. The summed E-state index contributed by atoms with van der Waals surface area (Å²) in [6, 6.07) is 0.747. The molecule has 0 saturated carbocycles. The number of hydrogen-bond acceptors (Lipinski definition) is 4. The molecule has 2 heterocycles. The van der Waals surface area contributed by atoms with Crippen molar-refractivity contribution in [1.82, 2.24) is 4.98 Å². The molecule has 1 aromatic rings. The van der Waals surface area contributed by atoms with Gasteiger partial charge in [-0.15, -0.1) is 0 Å². The van der Waals surface area contributed by atoms with Crippen LogP contribution >= 0.6 is 0 Å². The number of aromatic hydroxyl groups is 1. The highest BCUT2D eigenvalue weighted by atomic mass is 19.4. The van der Waals surface area contributed by atoms with E-state index < -0.39 is 35.9 Å². The van der Waals surface area contributed by atoms with E-state index in [2.05, 4.69) is 4.98 Å². The van der Waals surface area contributed by atoms with Gasteiger partial charge in [0.15, 0.2) is 0 Å². The molecule has 1 aromatic heterocycles. The molecule has 110 valence electrons. The van der Waals surface area contributed by atoms with Crippen molar-refractivity contribution in [1.29, 1.82) is 0 Å². The highest BCUT2D eigenvalue weighted by molar-refractivity contribution is 6.63. The van der Waals surface area contributed by atoms with Gasteiger partial charge in [0, 0.05) is 5.46 Å². The molecule has 0 aliphatic carbocycles. The van der Waals surface area contributed by atoms with Crippen LogP contribution in [0.3, 0.4) is 0 Å². The van der Waals surface area contributed by atoms with Crippen molar-refractivity contribution in [2.24, 2.45) is 0 Å². The van der Waals surface area contributed by atoms with Crippen molar-refractivity contribution in [3.05, 3.63) is 18.0 Å². The summed E-state index contributed by atoms with van der Waals surface area (Å²) >= 11 is 0. The second kappa shape index (κ2) is 4.36. The van der Waals surface area contributed by atoms with Crippen LogP contribution in [0, 0.1) is 0 Å². The number of halogens is 3. The van der Waals surface area contributed by atoms with Crippen molar-refractivity contribution < 1.29 is 27.6 Å². The minimum atomic E-state index is -4.59. The third-order valence-corrected chi connectivity index (χ3v) is 3.71. The van der Waals surface area contributed by atoms with Gasteiger partial charge >= 0.3 is 13.3 Å². The molecule has 0 spiro atoms. The zero-order valence-electron chi connectivity index (χ0n) is 11.6. The maximum absolute atomic E-state index is 12.7. The summed E-state index contributed by atoms with van der Waals surface area (Å²) in [6.45, 7) is 7.09. The molecule has 2 rings (SSSR count). The zero-order valence-corrected chi connectivity index (χ0v) is 11.6.